The number of rotatable bonds is 1. The van der Waals surface area contributed by atoms with Gasteiger partial charge in [0.1, 0.15) is 0 Å². The van der Waals surface area contributed by atoms with Crippen LogP contribution in [-0.4, -0.2) is 38.1 Å². The monoisotopic (exact) mass is 168 g/mol. The van der Waals surface area contributed by atoms with E-state index in [0.29, 0.717) is 5.75 Å². The van der Waals surface area contributed by atoms with Crippen LogP contribution in [0, 0.1) is 0 Å². The summed E-state index contributed by atoms with van der Waals surface area (Å²) in [4.78, 5) is 0. The molecule has 3 atom stereocenters. The number of aliphatic hydroxyl groups excluding tert-OH is 2. The molecule has 1 saturated heterocycles. The Hall–Kier alpha value is 0.420. The first-order chi connectivity index (χ1) is 4.25. The second kappa shape index (κ2) is 3.01. The van der Waals surface area contributed by atoms with Crippen LogP contribution in [0.25, 0.3) is 0 Å². The minimum Gasteiger partial charge on any atom is -0.395 e. The molecule has 0 saturated carbocycles. The molecule has 5 heteroatoms. The molecule has 1 heterocycles. The lowest BCUT2D eigenvalue weighted by Crippen LogP contribution is -2.27. The van der Waals surface area contributed by atoms with Crippen LogP contribution in [-0.2, 0) is 9.83 Å². The highest BCUT2D eigenvalue weighted by molar-refractivity contribution is 8.69. The van der Waals surface area contributed by atoms with Gasteiger partial charge in [-0.2, -0.15) is 0 Å². The molecule has 0 radical (unpaired) electrons. The van der Waals surface area contributed by atoms with E-state index in [4.69, 9.17) is 10.2 Å². The van der Waals surface area contributed by atoms with Gasteiger partial charge >= 0.3 is 0 Å². The molecule has 0 spiro atoms. The molecule has 0 aromatic heterocycles. The predicted molar refractivity (Wildman–Crippen MR) is 37.5 cm³/mol. The van der Waals surface area contributed by atoms with Crippen molar-refractivity contribution in [2.24, 2.45) is 0 Å². The van der Waals surface area contributed by atoms with E-state index in [1.165, 1.54) is 10.8 Å². The third kappa shape index (κ3) is 1.46. The Morgan fingerprint density at radius 1 is 1.78 bits per heavy atom. The number of aliphatic hydroxyl groups is 2. The van der Waals surface area contributed by atoms with Crippen LogP contribution < -0.4 is 0 Å². The van der Waals surface area contributed by atoms with Gasteiger partial charge in [-0.25, -0.2) is 4.21 Å². The predicted octanol–water partition coefficient (Wildman–Crippen LogP) is -0.881. The maximum absolute atomic E-state index is 10.8. The Morgan fingerprint density at radius 3 is 2.67 bits per heavy atom. The Kier molecular flexibility index (Phi) is 2.51. The van der Waals surface area contributed by atoms with E-state index in [-0.39, 0.29) is 6.61 Å². The van der Waals surface area contributed by atoms with Crippen molar-refractivity contribution in [1.29, 1.82) is 0 Å². The van der Waals surface area contributed by atoms with E-state index in [1.54, 1.807) is 0 Å². The fourth-order valence-electron chi connectivity index (χ4n) is 0.642. The fourth-order valence-corrected chi connectivity index (χ4v) is 3.83. The van der Waals surface area contributed by atoms with E-state index in [1.807, 2.05) is 0 Å². The molecule has 54 valence electrons. The molecule has 0 aromatic carbocycles. The van der Waals surface area contributed by atoms with Crippen LogP contribution in [0.5, 0.6) is 0 Å². The van der Waals surface area contributed by atoms with Crippen molar-refractivity contribution < 1.29 is 14.4 Å². The van der Waals surface area contributed by atoms with Crippen molar-refractivity contribution in [3.8, 4) is 0 Å². The zero-order valence-electron chi connectivity index (χ0n) is 4.69. The lowest BCUT2D eigenvalue weighted by atomic mass is 10.3. The van der Waals surface area contributed by atoms with Crippen LogP contribution >= 0.6 is 10.8 Å². The molecule has 0 bridgehead atoms. The second-order valence-corrected chi connectivity index (χ2v) is 5.22. The van der Waals surface area contributed by atoms with E-state index in [0.717, 1.165) is 0 Å². The molecule has 2 N–H and O–H groups in total. The summed E-state index contributed by atoms with van der Waals surface area (Å²) in [5, 5.41) is 17.1. The maximum Gasteiger partial charge on any atom is 0.0947 e. The molecular formula is C4H8O3S2. The van der Waals surface area contributed by atoms with Gasteiger partial charge in [0.15, 0.2) is 0 Å². The summed E-state index contributed by atoms with van der Waals surface area (Å²) >= 11 is 0. The molecule has 9 heavy (non-hydrogen) atoms. The van der Waals surface area contributed by atoms with Crippen molar-refractivity contribution in [3.63, 3.8) is 0 Å². The first kappa shape index (κ1) is 7.53. The summed E-state index contributed by atoms with van der Waals surface area (Å²) in [6.45, 7) is -0.180. The minimum absolute atomic E-state index is 0.180. The topological polar surface area (TPSA) is 57.5 Å². The lowest BCUT2D eigenvalue weighted by Gasteiger charge is -2.05. The summed E-state index contributed by atoms with van der Waals surface area (Å²) < 4.78 is 10.8. The van der Waals surface area contributed by atoms with Crippen LogP contribution in [0.3, 0.4) is 0 Å². The van der Waals surface area contributed by atoms with Gasteiger partial charge in [0.2, 0.25) is 0 Å². The molecule has 1 aliphatic rings. The molecule has 3 nitrogen and oxygen atoms in total. The number of hydrogen-bond acceptors (Lipinski definition) is 4. The Labute approximate surface area is 59.3 Å². The van der Waals surface area contributed by atoms with Gasteiger partial charge in [-0.05, 0) is 0 Å². The summed E-state index contributed by atoms with van der Waals surface area (Å²) in [5.74, 6) is 0.484. The molecule has 0 aromatic rings. The van der Waals surface area contributed by atoms with Gasteiger partial charge < -0.3 is 10.2 Å². The second-order valence-electron chi connectivity index (χ2n) is 1.83. The first-order valence-electron chi connectivity index (χ1n) is 2.58. The minimum atomic E-state index is -1.07. The van der Waals surface area contributed by atoms with Gasteiger partial charge in [0.25, 0.3) is 0 Å². The molecule has 1 aliphatic heterocycles. The van der Waals surface area contributed by atoms with Crippen LogP contribution in [0.1, 0.15) is 0 Å². The molecule has 1 fully saturated rings. The fraction of sp³-hybridized carbons (Fsp3) is 1.00. The van der Waals surface area contributed by atoms with Crippen molar-refractivity contribution in [1.82, 2.24) is 0 Å². The molecule has 0 aliphatic carbocycles. The number of hydrogen-bond donors (Lipinski definition) is 2. The summed E-state index contributed by atoms with van der Waals surface area (Å²) in [6.07, 6.45) is -0.583. The van der Waals surface area contributed by atoms with E-state index in [2.05, 4.69) is 0 Å². The normalized spacial score (nSPS) is 43.6. The average molecular weight is 168 g/mol. The maximum atomic E-state index is 10.8. The van der Waals surface area contributed by atoms with Crippen molar-refractivity contribution in [3.05, 3.63) is 0 Å². The standard InChI is InChI=1S/C4H8O3S2/c5-1-4-3(6)2-8-9(4)7/h3-6H,1-2H2/t3-,4-,9+/m1/s1. The molecule has 1 rings (SSSR count). The molecule has 0 unspecified atom stereocenters. The van der Waals surface area contributed by atoms with Gasteiger partial charge in [-0.1, -0.05) is 10.8 Å². The van der Waals surface area contributed by atoms with Crippen LogP contribution in [0.4, 0.5) is 0 Å². The Bertz CT molecular complexity index is 127. The Morgan fingerprint density at radius 2 is 2.44 bits per heavy atom. The van der Waals surface area contributed by atoms with Gasteiger partial charge in [0.05, 0.1) is 27.8 Å². The highest BCUT2D eigenvalue weighted by atomic mass is 33.1. The van der Waals surface area contributed by atoms with Crippen LogP contribution in [0.15, 0.2) is 0 Å². The summed E-state index contributed by atoms with van der Waals surface area (Å²) in [7, 11) is 0.126. The molecule has 0 amide bonds. The summed E-state index contributed by atoms with van der Waals surface area (Å²) in [6, 6.07) is 0. The third-order valence-corrected chi connectivity index (χ3v) is 4.73. The zero-order valence-corrected chi connectivity index (χ0v) is 6.32. The average Bonchev–Trinajstić information content (AvgIpc) is 2.12. The van der Waals surface area contributed by atoms with E-state index >= 15 is 0 Å². The lowest BCUT2D eigenvalue weighted by molar-refractivity contribution is 0.161. The highest BCUT2D eigenvalue weighted by Crippen LogP contribution is 2.25. The zero-order chi connectivity index (χ0) is 6.85. The van der Waals surface area contributed by atoms with Crippen molar-refractivity contribution >= 4 is 20.6 Å². The third-order valence-electron chi connectivity index (χ3n) is 1.21. The quantitative estimate of drug-likeness (QED) is 0.499. The van der Waals surface area contributed by atoms with Gasteiger partial charge in [0, 0.05) is 5.75 Å². The van der Waals surface area contributed by atoms with E-state index < -0.39 is 21.2 Å². The van der Waals surface area contributed by atoms with Crippen molar-refractivity contribution in [2.75, 3.05) is 12.4 Å². The smallest absolute Gasteiger partial charge is 0.0947 e. The summed E-state index contributed by atoms with van der Waals surface area (Å²) in [5.41, 5.74) is 0. The SMILES string of the molecule is O=[S@]1SC[C@@H](O)[C@H]1CO. The molecular weight excluding hydrogens is 160 g/mol. The van der Waals surface area contributed by atoms with Crippen LogP contribution in [0.2, 0.25) is 0 Å². The van der Waals surface area contributed by atoms with Gasteiger partial charge in [-0.15, -0.1) is 0 Å². The Balaban J connectivity index is 2.55. The first-order valence-corrected chi connectivity index (χ1v) is 5.30. The van der Waals surface area contributed by atoms with E-state index in [9.17, 15) is 4.21 Å². The van der Waals surface area contributed by atoms with Gasteiger partial charge in [-0.3, -0.25) is 0 Å². The van der Waals surface area contributed by atoms with Crippen molar-refractivity contribution in [2.45, 2.75) is 11.4 Å². The largest absolute Gasteiger partial charge is 0.395 e. The highest BCUT2D eigenvalue weighted by Gasteiger charge is 2.32.